The Morgan fingerprint density at radius 3 is 2.81 bits per heavy atom. The van der Waals surface area contributed by atoms with E-state index in [4.69, 9.17) is 10.2 Å². The van der Waals surface area contributed by atoms with Crippen LogP contribution in [0.15, 0.2) is 41.1 Å². The molecule has 4 heteroatoms. The van der Waals surface area contributed by atoms with Crippen LogP contribution in [-0.2, 0) is 6.54 Å². The number of anilines is 2. The van der Waals surface area contributed by atoms with Crippen molar-refractivity contribution < 1.29 is 4.42 Å². The Bertz CT molecular complexity index is 422. The summed E-state index contributed by atoms with van der Waals surface area (Å²) in [7, 11) is 0. The molecule has 0 amide bonds. The van der Waals surface area contributed by atoms with Gasteiger partial charge in [0.25, 0.3) is 0 Å². The lowest BCUT2D eigenvalue weighted by atomic mass is 10.3. The number of rotatable bonds is 4. The minimum Gasteiger partial charge on any atom is -0.467 e. The molecule has 0 aliphatic rings. The van der Waals surface area contributed by atoms with Crippen molar-refractivity contribution in [2.75, 3.05) is 17.2 Å². The third-order valence-electron chi connectivity index (χ3n) is 2.40. The van der Waals surface area contributed by atoms with Gasteiger partial charge in [0, 0.05) is 6.54 Å². The van der Waals surface area contributed by atoms with Gasteiger partial charge in [0.2, 0.25) is 0 Å². The third kappa shape index (κ3) is 2.34. The number of nitrogens with two attached hydrogens (primary N) is 1. The van der Waals surface area contributed by atoms with Crippen molar-refractivity contribution in [2.24, 2.45) is 0 Å². The van der Waals surface area contributed by atoms with Crippen molar-refractivity contribution in [2.45, 2.75) is 13.5 Å². The Balaban J connectivity index is 2.13. The number of hydrogen-bond donors (Lipinski definition) is 1. The van der Waals surface area contributed by atoms with E-state index in [-0.39, 0.29) is 0 Å². The molecule has 2 heterocycles. The maximum Gasteiger partial charge on any atom is 0.129 e. The van der Waals surface area contributed by atoms with E-state index in [9.17, 15) is 0 Å². The zero-order valence-corrected chi connectivity index (χ0v) is 9.26. The third-order valence-corrected chi connectivity index (χ3v) is 2.40. The summed E-state index contributed by atoms with van der Waals surface area (Å²) < 4.78 is 5.32. The number of nitrogens with zero attached hydrogens (tertiary/aromatic N) is 2. The topological polar surface area (TPSA) is 55.3 Å². The Hall–Kier alpha value is -1.97. The van der Waals surface area contributed by atoms with Crippen LogP contribution in [0.1, 0.15) is 12.7 Å². The molecule has 0 saturated carbocycles. The van der Waals surface area contributed by atoms with E-state index < -0.39 is 0 Å². The first-order valence-electron chi connectivity index (χ1n) is 5.28. The van der Waals surface area contributed by atoms with Crippen LogP contribution in [-0.4, -0.2) is 11.5 Å². The molecule has 0 radical (unpaired) electrons. The SMILES string of the molecule is CCN(Cc1ccco1)c1ccc(N)cn1. The Labute approximate surface area is 94.7 Å². The maximum atomic E-state index is 5.60. The monoisotopic (exact) mass is 217 g/mol. The largest absolute Gasteiger partial charge is 0.467 e. The zero-order valence-electron chi connectivity index (χ0n) is 9.26. The molecule has 2 aromatic heterocycles. The van der Waals surface area contributed by atoms with Crippen molar-refractivity contribution in [3.8, 4) is 0 Å². The molecule has 0 aliphatic carbocycles. The highest BCUT2D eigenvalue weighted by Gasteiger charge is 2.07. The van der Waals surface area contributed by atoms with E-state index in [1.54, 1.807) is 12.5 Å². The maximum absolute atomic E-state index is 5.60. The lowest BCUT2D eigenvalue weighted by molar-refractivity contribution is 0.503. The van der Waals surface area contributed by atoms with Gasteiger partial charge in [-0.2, -0.15) is 0 Å². The van der Waals surface area contributed by atoms with Crippen molar-refractivity contribution >= 4 is 11.5 Å². The van der Waals surface area contributed by atoms with Crippen molar-refractivity contribution in [3.05, 3.63) is 42.5 Å². The van der Waals surface area contributed by atoms with E-state index in [0.717, 1.165) is 24.7 Å². The summed E-state index contributed by atoms with van der Waals surface area (Å²) in [6.45, 7) is 3.68. The van der Waals surface area contributed by atoms with Crippen LogP contribution in [0, 0.1) is 0 Å². The molecule has 16 heavy (non-hydrogen) atoms. The van der Waals surface area contributed by atoms with Crippen LogP contribution in [0.25, 0.3) is 0 Å². The first kappa shape index (κ1) is 10.5. The summed E-state index contributed by atoms with van der Waals surface area (Å²) in [6.07, 6.45) is 3.35. The van der Waals surface area contributed by atoms with Crippen LogP contribution in [0.3, 0.4) is 0 Å². The predicted molar refractivity (Wildman–Crippen MR) is 64.1 cm³/mol. The standard InChI is InChI=1S/C12H15N3O/c1-2-15(9-11-4-3-7-16-11)12-6-5-10(13)8-14-12/h3-8H,2,9,13H2,1H3. The number of aromatic nitrogens is 1. The minimum absolute atomic E-state index is 0.679. The summed E-state index contributed by atoms with van der Waals surface area (Å²) in [4.78, 5) is 6.41. The molecule has 2 N–H and O–H groups in total. The molecule has 0 bridgehead atoms. The molecule has 0 atom stereocenters. The van der Waals surface area contributed by atoms with E-state index in [1.165, 1.54) is 0 Å². The fourth-order valence-electron chi connectivity index (χ4n) is 1.53. The van der Waals surface area contributed by atoms with Crippen LogP contribution in [0.2, 0.25) is 0 Å². The first-order valence-corrected chi connectivity index (χ1v) is 5.28. The molecule has 0 spiro atoms. The van der Waals surface area contributed by atoms with Crippen LogP contribution in [0.4, 0.5) is 11.5 Å². The predicted octanol–water partition coefficient (Wildman–Crippen LogP) is 2.28. The Kier molecular flexibility index (Phi) is 3.10. The lowest BCUT2D eigenvalue weighted by Gasteiger charge is -2.20. The van der Waals surface area contributed by atoms with Gasteiger partial charge in [-0.3, -0.25) is 0 Å². The highest BCUT2D eigenvalue weighted by Crippen LogP contribution is 2.15. The van der Waals surface area contributed by atoms with E-state index in [1.807, 2.05) is 24.3 Å². The lowest BCUT2D eigenvalue weighted by Crippen LogP contribution is -2.22. The average Bonchev–Trinajstić information content (AvgIpc) is 2.80. The highest BCUT2D eigenvalue weighted by atomic mass is 16.3. The Morgan fingerprint density at radius 1 is 1.38 bits per heavy atom. The molecule has 84 valence electrons. The normalized spacial score (nSPS) is 10.3. The van der Waals surface area contributed by atoms with Gasteiger partial charge in [-0.1, -0.05) is 0 Å². The van der Waals surface area contributed by atoms with Gasteiger partial charge in [0.1, 0.15) is 11.6 Å². The van der Waals surface area contributed by atoms with Crippen LogP contribution < -0.4 is 10.6 Å². The van der Waals surface area contributed by atoms with Crippen molar-refractivity contribution in [3.63, 3.8) is 0 Å². The summed E-state index contributed by atoms with van der Waals surface area (Å²) in [5.74, 6) is 1.84. The summed E-state index contributed by atoms with van der Waals surface area (Å²) in [6, 6.07) is 7.62. The van der Waals surface area contributed by atoms with Gasteiger partial charge in [-0.25, -0.2) is 4.98 Å². The van der Waals surface area contributed by atoms with Crippen LogP contribution >= 0.6 is 0 Å². The molecular formula is C12H15N3O. The second-order valence-corrected chi connectivity index (χ2v) is 3.54. The highest BCUT2D eigenvalue weighted by molar-refractivity contribution is 5.45. The fraction of sp³-hybridized carbons (Fsp3) is 0.250. The molecule has 0 fully saturated rings. The summed E-state index contributed by atoms with van der Waals surface area (Å²) in [5.41, 5.74) is 6.28. The Morgan fingerprint density at radius 2 is 2.25 bits per heavy atom. The molecule has 0 saturated heterocycles. The number of pyridine rings is 1. The van der Waals surface area contributed by atoms with Crippen molar-refractivity contribution in [1.29, 1.82) is 0 Å². The van der Waals surface area contributed by atoms with Gasteiger partial charge in [0.05, 0.1) is 24.7 Å². The summed E-state index contributed by atoms with van der Waals surface area (Å²) >= 11 is 0. The molecule has 0 aromatic carbocycles. The van der Waals surface area contributed by atoms with Gasteiger partial charge < -0.3 is 15.1 Å². The smallest absolute Gasteiger partial charge is 0.129 e. The van der Waals surface area contributed by atoms with Gasteiger partial charge in [-0.05, 0) is 31.2 Å². The molecule has 0 aliphatic heterocycles. The second kappa shape index (κ2) is 4.70. The van der Waals surface area contributed by atoms with Gasteiger partial charge in [0.15, 0.2) is 0 Å². The quantitative estimate of drug-likeness (QED) is 0.853. The summed E-state index contributed by atoms with van der Waals surface area (Å²) in [5, 5.41) is 0. The molecule has 2 rings (SSSR count). The minimum atomic E-state index is 0.679. The second-order valence-electron chi connectivity index (χ2n) is 3.54. The van der Waals surface area contributed by atoms with Crippen molar-refractivity contribution in [1.82, 2.24) is 4.98 Å². The molecule has 0 unspecified atom stereocenters. The molecule has 2 aromatic rings. The number of hydrogen-bond acceptors (Lipinski definition) is 4. The van der Waals surface area contributed by atoms with Gasteiger partial charge in [-0.15, -0.1) is 0 Å². The van der Waals surface area contributed by atoms with E-state index >= 15 is 0 Å². The van der Waals surface area contributed by atoms with E-state index in [0.29, 0.717) is 5.69 Å². The first-order chi connectivity index (χ1) is 7.79. The average molecular weight is 217 g/mol. The fourth-order valence-corrected chi connectivity index (χ4v) is 1.53. The zero-order chi connectivity index (χ0) is 11.4. The molecule has 4 nitrogen and oxygen atoms in total. The number of nitrogen functional groups attached to an aromatic ring is 1. The van der Waals surface area contributed by atoms with E-state index in [2.05, 4.69) is 16.8 Å². The number of furan rings is 1. The van der Waals surface area contributed by atoms with Gasteiger partial charge >= 0.3 is 0 Å². The van der Waals surface area contributed by atoms with Crippen LogP contribution in [0.5, 0.6) is 0 Å². The molecular weight excluding hydrogens is 202 g/mol.